The summed E-state index contributed by atoms with van der Waals surface area (Å²) >= 11 is 0. The topological polar surface area (TPSA) is 80.1 Å². The van der Waals surface area contributed by atoms with E-state index in [2.05, 4.69) is 20.8 Å². The third-order valence-electron chi connectivity index (χ3n) is 3.71. The van der Waals surface area contributed by atoms with E-state index in [1.54, 1.807) is 0 Å². The normalized spacial score (nSPS) is 16.4. The molecule has 0 saturated carbocycles. The highest BCUT2D eigenvalue weighted by Gasteiger charge is 2.28. The summed E-state index contributed by atoms with van der Waals surface area (Å²) in [6, 6.07) is 7.40. The van der Waals surface area contributed by atoms with Crippen molar-refractivity contribution in [2.75, 3.05) is 18.4 Å². The highest BCUT2D eigenvalue weighted by atomic mass is 16.5. The fourth-order valence-electron chi connectivity index (χ4n) is 2.14. The lowest BCUT2D eigenvalue weighted by atomic mass is 9.88. The van der Waals surface area contributed by atoms with Gasteiger partial charge in [-0.1, -0.05) is 12.1 Å². The van der Waals surface area contributed by atoms with E-state index in [1.807, 2.05) is 31.2 Å². The van der Waals surface area contributed by atoms with E-state index in [9.17, 15) is 4.79 Å². The van der Waals surface area contributed by atoms with Crippen molar-refractivity contribution in [3.8, 4) is 11.4 Å². The van der Waals surface area contributed by atoms with Crippen LogP contribution < -0.4 is 10.6 Å². The molecule has 0 spiro atoms. The number of carbonyl (C=O) groups is 1. The largest absolute Gasteiger partial charge is 0.342 e. The highest BCUT2D eigenvalue weighted by Crippen LogP contribution is 2.20. The van der Waals surface area contributed by atoms with Crippen molar-refractivity contribution in [2.24, 2.45) is 11.8 Å². The Morgan fingerprint density at radius 1 is 1.40 bits per heavy atom. The van der Waals surface area contributed by atoms with Crippen LogP contribution in [0, 0.1) is 11.8 Å². The highest BCUT2D eigenvalue weighted by molar-refractivity contribution is 5.92. The maximum atomic E-state index is 12.1. The van der Waals surface area contributed by atoms with Crippen LogP contribution in [-0.2, 0) is 4.79 Å². The van der Waals surface area contributed by atoms with Gasteiger partial charge in [-0.3, -0.25) is 4.79 Å². The van der Waals surface area contributed by atoms with Crippen LogP contribution in [0.5, 0.6) is 0 Å². The van der Waals surface area contributed by atoms with Crippen molar-refractivity contribution in [2.45, 2.75) is 6.92 Å². The molecule has 6 nitrogen and oxygen atoms in total. The molecule has 2 heterocycles. The number of aromatic nitrogens is 2. The predicted molar refractivity (Wildman–Crippen MR) is 73.9 cm³/mol. The first kappa shape index (κ1) is 12.8. The molecule has 1 fully saturated rings. The molecule has 1 aromatic heterocycles. The molecule has 1 amide bonds. The Balaban J connectivity index is 1.64. The summed E-state index contributed by atoms with van der Waals surface area (Å²) < 4.78 is 4.70. The molecule has 104 valence electrons. The first-order valence-corrected chi connectivity index (χ1v) is 6.62. The van der Waals surface area contributed by atoms with Crippen LogP contribution >= 0.6 is 0 Å². The summed E-state index contributed by atoms with van der Waals surface area (Å²) in [5, 5.41) is 9.88. The molecule has 2 aromatic rings. The summed E-state index contributed by atoms with van der Waals surface area (Å²) in [6.45, 7) is 3.81. The molecule has 1 saturated heterocycles. The number of amides is 1. The molecule has 3 rings (SSSR count). The maximum absolute atomic E-state index is 12.1. The lowest BCUT2D eigenvalue weighted by Crippen LogP contribution is -2.48. The van der Waals surface area contributed by atoms with E-state index < -0.39 is 0 Å². The second-order valence-corrected chi connectivity index (χ2v) is 5.03. The SMILES string of the molecule is CC(C(=O)Nc1ccc(-c2ncon2)cc1)C1CNC1. The van der Waals surface area contributed by atoms with Crippen molar-refractivity contribution in [3.63, 3.8) is 0 Å². The molecule has 6 heteroatoms. The zero-order valence-electron chi connectivity index (χ0n) is 11.2. The zero-order chi connectivity index (χ0) is 13.9. The summed E-state index contributed by atoms with van der Waals surface area (Å²) in [6.07, 6.45) is 1.29. The van der Waals surface area contributed by atoms with Gasteiger partial charge in [-0.25, -0.2) is 0 Å². The van der Waals surface area contributed by atoms with Crippen LogP contribution in [0.2, 0.25) is 0 Å². The Kier molecular flexibility index (Phi) is 3.47. The third kappa shape index (κ3) is 2.55. The van der Waals surface area contributed by atoms with E-state index in [0.29, 0.717) is 11.7 Å². The van der Waals surface area contributed by atoms with E-state index in [0.717, 1.165) is 24.3 Å². The molecular formula is C14H16N4O2. The minimum atomic E-state index is 0.0214. The Bertz CT molecular complexity index is 576. The van der Waals surface area contributed by atoms with Gasteiger partial charge in [0.15, 0.2) is 0 Å². The van der Waals surface area contributed by atoms with Crippen LogP contribution in [0.4, 0.5) is 5.69 Å². The lowest BCUT2D eigenvalue weighted by molar-refractivity contribution is -0.121. The van der Waals surface area contributed by atoms with Gasteiger partial charge in [0, 0.05) is 17.2 Å². The number of anilines is 1. The monoisotopic (exact) mass is 272 g/mol. The summed E-state index contributed by atoms with van der Waals surface area (Å²) in [4.78, 5) is 16.1. The molecule has 0 radical (unpaired) electrons. The second kappa shape index (κ2) is 5.42. The van der Waals surface area contributed by atoms with Gasteiger partial charge in [0.25, 0.3) is 0 Å². The van der Waals surface area contributed by atoms with Crippen LogP contribution in [0.25, 0.3) is 11.4 Å². The summed E-state index contributed by atoms with van der Waals surface area (Å²) in [7, 11) is 0. The van der Waals surface area contributed by atoms with Gasteiger partial charge in [0.2, 0.25) is 18.1 Å². The smallest absolute Gasteiger partial charge is 0.227 e. The Morgan fingerprint density at radius 3 is 2.70 bits per heavy atom. The van der Waals surface area contributed by atoms with Crippen molar-refractivity contribution in [3.05, 3.63) is 30.7 Å². The number of nitrogens with one attached hydrogen (secondary N) is 2. The second-order valence-electron chi connectivity index (χ2n) is 5.03. The molecular weight excluding hydrogens is 256 g/mol. The van der Waals surface area contributed by atoms with Crippen molar-refractivity contribution < 1.29 is 9.32 Å². The van der Waals surface area contributed by atoms with Crippen molar-refractivity contribution in [1.29, 1.82) is 0 Å². The quantitative estimate of drug-likeness (QED) is 0.882. The van der Waals surface area contributed by atoms with E-state index >= 15 is 0 Å². The molecule has 1 atom stereocenters. The fraction of sp³-hybridized carbons (Fsp3) is 0.357. The average molecular weight is 272 g/mol. The van der Waals surface area contributed by atoms with Crippen LogP contribution in [0.15, 0.2) is 35.2 Å². The third-order valence-corrected chi connectivity index (χ3v) is 3.71. The number of hydrogen-bond donors (Lipinski definition) is 2. The van der Waals surface area contributed by atoms with E-state index in [4.69, 9.17) is 4.52 Å². The lowest BCUT2D eigenvalue weighted by Gasteiger charge is -2.31. The van der Waals surface area contributed by atoms with Gasteiger partial charge in [0.1, 0.15) is 0 Å². The molecule has 0 aliphatic carbocycles. The molecule has 1 aliphatic heterocycles. The van der Waals surface area contributed by atoms with E-state index in [-0.39, 0.29) is 11.8 Å². The van der Waals surface area contributed by atoms with Gasteiger partial charge in [-0.15, -0.1) is 0 Å². The zero-order valence-corrected chi connectivity index (χ0v) is 11.2. The van der Waals surface area contributed by atoms with Gasteiger partial charge in [-0.2, -0.15) is 4.98 Å². The van der Waals surface area contributed by atoms with Gasteiger partial charge >= 0.3 is 0 Å². The van der Waals surface area contributed by atoms with Crippen molar-refractivity contribution in [1.82, 2.24) is 15.5 Å². The summed E-state index contributed by atoms with van der Waals surface area (Å²) in [5.41, 5.74) is 1.63. The molecule has 20 heavy (non-hydrogen) atoms. The van der Waals surface area contributed by atoms with E-state index in [1.165, 1.54) is 6.39 Å². The number of nitrogens with zero attached hydrogens (tertiary/aromatic N) is 2. The molecule has 1 aromatic carbocycles. The minimum absolute atomic E-state index is 0.0214. The number of rotatable bonds is 4. The first-order valence-electron chi connectivity index (χ1n) is 6.62. The molecule has 1 unspecified atom stereocenters. The fourth-order valence-corrected chi connectivity index (χ4v) is 2.14. The number of benzene rings is 1. The Hall–Kier alpha value is -2.21. The number of hydrogen-bond acceptors (Lipinski definition) is 5. The standard InChI is InChI=1S/C14H16N4O2/c1-9(11-6-15-7-11)14(19)17-12-4-2-10(3-5-12)13-16-8-20-18-13/h2-5,8-9,11,15H,6-7H2,1H3,(H,17,19). The molecule has 2 N–H and O–H groups in total. The Morgan fingerprint density at radius 2 is 2.15 bits per heavy atom. The first-order chi connectivity index (χ1) is 9.74. The van der Waals surface area contributed by atoms with Crippen molar-refractivity contribution >= 4 is 11.6 Å². The average Bonchev–Trinajstić information content (AvgIpc) is 2.91. The minimum Gasteiger partial charge on any atom is -0.342 e. The molecule has 1 aliphatic rings. The summed E-state index contributed by atoms with van der Waals surface area (Å²) in [5.74, 6) is 1.06. The van der Waals surface area contributed by atoms with Gasteiger partial charge < -0.3 is 15.2 Å². The Labute approximate surface area is 116 Å². The van der Waals surface area contributed by atoms with Crippen LogP contribution in [0.1, 0.15) is 6.92 Å². The predicted octanol–water partition coefficient (Wildman–Crippen LogP) is 1.53. The number of carbonyl (C=O) groups excluding carboxylic acids is 1. The maximum Gasteiger partial charge on any atom is 0.227 e. The van der Waals surface area contributed by atoms with Crippen LogP contribution in [0.3, 0.4) is 0 Å². The van der Waals surface area contributed by atoms with Crippen LogP contribution in [-0.4, -0.2) is 29.1 Å². The van der Waals surface area contributed by atoms with Gasteiger partial charge in [-0.05, 0) is 43.3 Å². The van der Waals surface area contributed by atoms with Gasteiger partial charge in [0.05, 0.1) is 0 Å². The molecule has 0 bridgehead atoms.